The Morgan fingerprint density at radius 2 is 1.71 bits per heavy atom. The van der Waals surface area contributed by atoms with Crippen LogP contribution in [0.4, 0.5) is 0 Å². The molecular weight excluding hydrogens is 326 g/mol. The highest BCUT2D eigenvalue weighted by Gasteiger charge is 2.33. The van der Waals surface area contributed by atoms with Gasteiger partial charge in [-0.3, -0.25) is 0 Å². The first-order chi connectivity index (χ1) is 11.4. The van der Waals surface area contributed by atoms with Crippen molar-refractivity contribution in [1.82, 2.24) is 4.31 Å². The summed E-state index contributed by atoms with van der Waals surface area (Å²) in [7, 11) is -3.59. The van der Waals surface area contributed by atoms with Crippen LogP contribution in [-0.2, 0) is 14.8 Å². The van der Waals surface area contributed by atoms with Crippen LogP contribution in [0.3, 0.4) is 0 Å². The molecule has 0 spiro atoms. The van der Waals surface area contributed by atoms with Crippen LogP contribution in [0.5, 0.6) is 5.75 Å². The van der Waals surface area contributed by atoms with Crippen molar-refractivity contribution in [2.24, 2.45) is 0 Å². The number of sulfonamides is 1. The molecule has 2 aromatic carbocycles. The van der Waals surface area contributed by atoms with Gasteiger partial charge in [-0.15, -0.1) is 0 Å². The Hall–Kier alpha value is -1.63. The van der Waals surface area contributed by atoms with Crippen molar-refractivity contribution in [2.75, 3.05) is 19.7 Å². The predicted molar refractivity (Wildman–Crippen MR) is 93.9 cm³/mol. The molecule has 0 aromatic heterocycles. The third kappa shape index (κ3) is 3.14. The van der Waals surface area contributed by atoms with Gasteiger partial charge in [0.25, 0.3) is 0 Å². The Labute approximate surface area is 143 Å². The zero-order valence-corrected chi connectivity index (χ0v) is 15.0. The Bertz CT molecular complexity index is 824. The number of hydrogen-bond acceptors (Lipinski definition) is 4. The molecule has 1 fully saturated rings. The van der Waals surface area contributed by atoms with E-state index in [4.69, 9.17) is 9.47 Å². The lowest BCUT2D eigenvalue weighted by Crippen LogP contribution is -2.48. The van der Waals surface area contributed by atoms with Gasteiger partial charge in [-0.1, -0.05) is 24.3 Å². The standard InChI is InChI=1S/C18H23NO4S/c1-4-22-17-9-10-18(16-8-6-5-7-15(16)17)24(20,21)19-11-13(2)23-14(3)12-19/h5-10,13-14H,4,11-12H2,1-3H3/t13-,14-/m1/s1. The molecule has 2 atom stereocenters. The molecule has 1 aliphatic heterocycles. The molecular formula is C18H23NO4S. The molecule has 0 bridgehead atoms. The second-order valence-corrected chi connectivity index (χ2v) is 8.03. The topological polar surface area (TPSA) is 55.8 Å². The van der Waals surface area contributed by atoms with Gasteiger partial charge in [0.15, 0.2) is 0 Å². The van der Waals surface area contributed by atoms with Crippen molar-refractivity contribution in [3.8, 4) is 5.75 Å². The lowest BCUT2D eigenvalue weighted by Gasteiger charge is -2.34. The van der Waals surface area contributed by atoms with Crippen molar-refractivity contribution >= 4 is 20.8 Å². The summed E-state index contributed by atoms with van der Waals surface area (Å²) < 4.78 is 39.2. The molecule has 0 N–H and O–H groups in total. The molecule has 0 amide bonds. The Balaban J connectivity index is 2.10. The fraction of sp³-hybridized carbons (Fsp3) is 0.444. The van der Waals surface area contributed by atoms with Crippen LogP contribution in [0.1, 0.15) is 20.8 Å². The van der Waals surface area contributed by atoms with E-state index in [1.54, 1.807) is 12.1 Å². The number of benzene rings is 2. The largest absolute Gasteiger partial charge is 0.493 e. The number of morpholine rings is 1. The molecule has 0 saturated carbocycles. The summed E-state index contributed by atoms with van der Waals surface area (Å²) in [5, 5.41) is 1.50. The van der Waals surface area contributed by atoms with E-state index in [1.165, 1.54) is 4.31 Å². The summed E-state index contributed by atoms with van der Waals surface area (Å²) in [4.78, 5) is 0.322. The van der Waals surface area contributed by atoms with Crippen LogP contribution < -0.4 is 4.74 Å². The Morgan fingerprint density at radius 1 is 1.08 bits per heavy atom. The van der Waals surface area contributed by atoms with E-state index >= 15 is 0 Å². The number of ether oxygens (including phenoxy) is 2. The lowest BCUT2D eigenvalue weighted by molar-refractivity contribution is -0.0440. The highest BCUT2D eigenvalue weighted by atomic mass is 32.2. The summed E-state index contributed by atoms with van der Waals surface area (Å²) >= 11 is 0. The Kier molecular flexibility index (Phi) is 4.80. The maximum atomic E-state index is 13.2. The summed E-state index contributed by atoms with van der Waals surface area (Å²) in [6.07, 6.45) is -0.227. The zero-order chi connectivity index (χ0) is 17.3. The first-order valence-corrected chi connectivity index (χ1v) is 9.67. The van der Waals surface area contributed by atoms with Gasteiger partial charge in [0.05, 0.1) is 23.7 Å². The van der Waals surface area contributed by atoms with Crippen molar-refractivity contribution < 1.29 is 17.9 Å². The molecule has 0 unspecified atom stereocenters. The molecule has 2 aromatic rings. The van der Waals surface area contributed by atoms with Crippen molar-refractivity contribution in [1.29, 1.82) is 0 Å². The molecule has 0 aliphatic carbocycles. The monoisotopic (exact) mass is 349 g/mol. The van der Waals surface area contributed by atoms with Crippen LogP contribution >= 0.6 is 0 Å². The molecule has 3 rings (SSSR count). The summed E-state index contributed by atoms with van der Waals surface area (Å²) in [6.45, 7) is 6.98. The molecule has 6 heteroatoms. The van der Waals surface area contributed by atoms with E-state index in [9.17, 15) is 8.42 Å². The second-order valence-electron chi connectivity index (χ2n) is 6.12. The molecule has 0 radical (unpaired) electrons. The maximum Gasteiger partial charge on any atom is 0.243 e. The summed E-state index contributed by atoms with van der Waals surface area (Å²) in [5.41, 5.74) is 0. The van der Waals surface area contributed by atoms with E-state index in [-0.39, 0.29) is 12.2 Å². The van der Waals surface area contributed by atoms with Crippen LogP contribution in [0, 0.1) is 0 Å². The van der Waals surface area contributed by atoms with Gasteiger partial charge in [0.1, 0.15) is 5.75 Å². The minimum absolute atomic E-state index is 0.113. The average Bonchev–Trinajstić information content (AvgIpc) is 2.54. The first-order valence-electron chi connectivity index (χ1n) is 8.23. The normalized spacial score (nSPS) is 22.6. The van der Waals surface area contributed by atoms with E-state index < -0.39 is 10.0 Å². The van der Waals surface area contributed by atoms with Crippen LogP contribution in [-0.4, -0.2) is 44.6 Å². The number of hydrogen-bond donors (Lipinski definition) is 0. The maximum absolute atomic E-state index is 13.2. The second kappa shape index (κ2) is 6.70. The third-order valence-corrected chi connectivity index (χ3v) is 6.04. The third-order valence-electron chi connectivity index (χ3n) is 4.15. The first kappa shape index (κ1) is 17.2. The number of fused-ring (bicyclic) bond motifs is 1. The Morgan fingerprint density at radius 3 is 2.33 bits per heavy atom. The smallest absolute Gasteiger partial charge is 0.243 e. The highest BCUT2D eigenvalue weighted by molar-refractivity contribution is 7.89. The van der Waals surface area contributed by atoms with Gasteiger partial charge in [0.2, 0.25) is 10.0 Å². The summed E-state index contributed by atoms with van der Waals surface area (Å²) in [6, 6.07) is 10.9. The minimum Gasteiger partial charge on any atom is -0.493 e. The minimum atomic E-state index is -3.59. The molecule has 1 saturated heterocycles. The lowest BCUT2D eigenvalue weighted by atomic mass is 10.1. The molecule has 1 aliphatic rings. The van der Waals surface area contributed by atoms with Crippen LogP contribution in [0.15, 0.2) is 41.3 Å². The summed E-state index contributed by atoms with van der Waals surface area (Å²) in [5.74, 6) is 0.704. The molecule has 5 nitrogen and oxygen atoms in total. The van der Waals surface area contributed by atoms with Crippen molar-refractivity contribution in [2.45, 2.75) is 37.9 Å². The zero-order valence-electron chi connectivity index (χ0n) is 14.2. The highest BCUT2D eigenvalue weighted by Crippen LogP contribution is 2.33. The molecule has 1 heterocycles. The van der Waals surface area contributed by atoms with E-state index in [2.05, 4.69) is 0 Å². The molecule has 24 heavy (non-hydrogen) atoms. The molecule has 130 valence electrons. The SMILES string of the molecule is CCOc1ccc(S(=O)(=O)N2C[C@@H](C)O[C@H](C)C2)c2ccccc12. The average molecular weight is 349 g/mol. The van der Waals surface area contributed by atoms with Gasteiger partial charge in [-0.05, 0) is 32.9 Å². The van der Waals surface area contributed by atoms with Gasteiger partial charge in [-0.25, -0.2) is 8.42 Å². The van der Waals surface area contributed by atoms with Crippen molar-refractivity contribution in [3.05, 3.63) is 36.4 Å². The van der Waals surface area contributed by atoms with E-state index in [0.717, 1.165) is 5.39 Å². The van der Waals surface area contributed by atoms with Crippen LogP contribution in [0.2, 0.25) is 0 Å². The fourth-order valence-electron chi connectivity index (χ4n) is 3.22. The quantitative estimate of drug-likeness (QED) is 0.851. The van der Waals surface area contributed by atoms with E-state index in [0.29, 0.717) is 35.7 Å². The predicted octanol–water partition coefficient (Wildman–Crippen LogP) is 3.04. The van der Waals surface area contributed by atoms with Gasteiger partial charge in [0, 0.05) is 23.9 Å². The van der Waals surface area contributed by atoms with Crippen LogP contribution in [0.25, 0.3) is 10.8 Å². The van der Waals surface area contributed by atoms with E-state index in [1.807, 2.05) is 45.0 Å². The fourth-order valence-corrected chi connectivity index (χ4v) is 5.00. The number of nitrogens with zero attached hydrogens (tertiary/aromatic N) is 1. The van der Waals surface area contributed by atoms with Crippen molar-refractivity contribution in [3.63, 3.8) is 0 Å². The van der Waals surface area contributed by atoms with Gasteiger partial charge >= 0.3 is 0 Å². The number of rotatable bonds is 4. The van der Waals surface area contributed by atoms with Gasteiger partial charge in [-0.2, -0.15) is 4.31 Å². The van der Waals surface area contributed by atoms with Gasteiger partial charge < -0.3 is 9.47 Å².